The number of aromatic hydroxyl groups is 1. The topological polar surface area (TPSA) is 56.4 Å². The third kappa shape index (κ3) is 2.74. The average Bonchev–Trinajstić information content (AvgIpc) is 2.40. The minimum atomic E-state index is 0.158. The normalized spacial score (nSPS) is 10.4. The van der Waals surface area contributed by atoms with Crippen molar-refractivity contribution in [1.29, 1.82) is 5.26 Å². The Morgan fingerprint density at radius 3 is 2.56 bits per heavy atom. The molecule has 2 aromatic rings. The van der Waals surface area contributed by atoms with E-state index >= 15 is 0 Å². The number of hydrogen-bond donors (Lipinski definition) is 1. The highest BCUT2D eigenvalue weighted by molar-refractivity contribution is 5.82. The van der Waals surface area contributed by atoms with Gasteiger partial charge in [-0.2, -0.15) is 5.26 Å². The van der Waals surface area contributed by atoms with Crippen molar-refractivity contribution < 1.29 is 5.11 Å². The molecular formula is C15H12N2O. The molecule has 0 heterocycles. The second kappa shape index (κ2) is 5.15. The number of phenolic OH excluding ortho intramolecular Hbond substituents is 1. The van der Waals surface area contributed by atoms with Gasteiger partial charge in [0.2, 0.25) is 0 Å². The van der Waals surface area contributed by atoms with Crippen LogP contribution >= 0.6 is 0 Å². The van der Waals surface area contributed by atoms with Crippen LogP contribution in [0.1, 0.15) is 16.7 Å². The molecule has 0 fully saturated rings. The predicted molar refractivity (Wildman–Crippen MR) is 71.3 cm³/mol. The van der Waals surface area contributed by atoms with Crippen LogP contribution in [0.15, 0.2) is 47.5 Å². The van der Waals surface area contributed by atoms with E-state index in [0.29, 0.717) is 11.3 Å². The van der Waals surface area contributed by atoms with E-state index in [1.165, 1.54) is 0 Å². The molecule has 0 unspecified atom stereocenters. The molecule has 0 saturated heterocycles. The fraction of sp³-hybridized carbons (Fsp3) is 0.0667. The number of nitriles is 1. The van der Waals surface area contributed by atoms with Crippen molar-refractivity contribution >= 4 is 11.9 Å². The van der Waals surface area contributed by atoms with Crippen LogP contribution < -0.4 is 0 Å². The Labute approximate surface area is 106 Å². The lowest BCUT2D eigenvalue weighted by molar-refractivity contribution is 0.477. The van der Waals surface area contributed by atoms with Crippen molar-refractivity contribution in [3.63, 3.8) is 0 Å². The Morgan fingerprint density at radius 1 is 1.17 bits per heavy atom. The summed E-state index contributed by atoms with van der Waals surface area (Å²) in [4.78, 5) is 4.23. The maximum atomic E-state index is 9.64. The average molecular weight is 236 g/mol. The zero-order valence-corrected chi connectivity index (χ0v) is 9.96. The summed E-state index contributed by atoms with van der Waals surface area (Å²) in [7, 11) is 0. The molecule has 1 N–H and O–H groups in total. The van der Waals surface area contributed by atoms with E-state index in [1.54, 1.807) is 24.4 Å². The lowest BCUT2D eigenvalue weighted by Crippen LogP contribution is -1.81. The Kier molecular flexibility index (Phi) is 3.40. The van der Waals surface area contributed by atoms with Crippen LogP contribution in [0.25, 0.3) is 0 Å². The maximum Gasteiger partial charge on any atom is 0.141 e. The molecule has 0 aliphatic carbocycles. The third-order valence-electron chi connectivity index (χ3n) is 2.52. The van der Waals surface area contributed by atoms with E-state index in [0.717, 1.165) is 11.1 Å². The molecule has 0 radical (unpaired) electrons. The van der Waals surface area contributed by atoms with Crippen LogP contribution in [0.4, 0.5) is 5.69 Å². The van der Waals surface area contributed by atoms with Gasteiger partial charge in [-0.3, -0.25) is 4.99 Å². The van der Waals surface area contributed by atoms with Crippen LogP contribution in [0.5, 0.6) is 5.75 Å². The van der Waals surface area contributed by atoms with Gasteiger partial charge in [0, 0.05) is 6.21 Å². The SMILES string of the molecule is Cc1ccc(O)c(N=Cc2ccc(C#N)cc2)c1. The van der Waals surface area contributed by atoms with Crippen molar-refractivity contribution in [3.05, 3.63) is 59.2 Å². The van der Waals surface area contributed by atoms with Crippen LogP contribution in [-0.4, -0.2) is 11.3 Å². The lowest BCUT2D eigenvalue weighted by Gasteiger charge is -2.00. The first-order valence-electron chi connectivity index (χ1n) is 5.53. The van der Waals surface area contributed by atoms with E-state index in [4.69, 9.17) is 5.26 Å². The van der Waals surface area contributed by atoms with Gasteiger partial charge < -0.3 is 5.11 Å². The maximum absolute atomic E-state index is 9.64. The Balaban J connectivity index is 2.24. The molecule has 0 aromatic heterocycles. The van der Waals surface area contributed by atoms with Crippen molar-refractivity contribution in [1.82, 2.24) is 0 Å². The second-order valence-electron chi connectivity index (χ2n) is 3.98. The van der Waals surface area contributed by atoms with E-state index in [9.17, 15) is 5.11 Å². The number of benzene rings is 2. The quantitative estimate of drug-likeness (QED) is 0.813. The fourth-order valence-corrected chi connectivity index (χ4v) is 1.52. The Morgan fingerprint density at radius 2 is 1.89 bits per heavy atom. The molecule has 88 valence electrons. The smallest absolute Gasteiger partial charge is 0.141 e. The Bertz CT molecular complexity index is 622. The molecule has 0 aliphatic rings. The van der Waals surface area contributed by atoms with E-state index in [2.05, 4.69) is 11.1 Å². The summed E-state index contributed by atoms with van der Waals surface area (Å²) in [6.45, 7) is 1.94. The summed E-state index contributed by atoms with van der Waals surface area (Å²) in [6, 6.07) is 14.4. The van der Waals surface area contributed by atoms with Gasteiger partial charge in [0.1, 0.15) is 11.4 Å². The van der Waals surface area contributed by atoms with E-state index in [1.807, 2.05) is 31.2 Å². The summed E-state index contributed by atoms with van der Waals surface area (Å²) in [5.41, 5.74) is 3.08. The fourth-order valence-electron chi connectivity index (χ4n) is 1.52. The van der Waals surface area contributed by atoms with E-state index < -0.39 is 0 Å². The minimum Gasteiger partial charge on any atom is -0.506 e. The van der Waals surface area contributed by atoms with Crippen molar-refractivity contribution in [2.75, 3.05) is 0 Å². The summed E-state index contributed by atoms with van der Waals surface area (Å²) in [6.07, 6.45) is 1.66. The van der Waals surface area contributed by atoms with Crippen LogP contribution in [0.3, 0.4) is 0 Å². The number of hydrogen-bond acceptors (Lipinski definition) is 3. The minimum absolute atomic E-state index is 0.158. The van der Waals surface area contributed by atoms with Gasteiger partial charge in [-0.05, 0) is 42.3 Å². The number of phenols is 1. The first-order valence-corrected chi connectivity index (χ1v) is 5.53. The molecule has 0 spiro atoms. The number of nitrogens with zero attached hydrogens (tertiary/aromatic N) is 2. The molecule has 2 aromatic carbocycles. The highest BCUT2D eigenvalue weighted by atomic mass is 16.3. The van der Waals surface area contributed by atoms with Gasteiger partial charge in [-0.15, -0.1) is 0 Å². The highest BCUT2D eigenvalue weighted by Gasteiger charge is 1.98. The standard InChI is InChI=1S/C15H12N2O/c1-11-2-7-15(18)14(8-11)17-10-13-5-3-12(9-16)4-6-13/h2-8,10,18H,1H3. The molecule has 3 heteroatoms. The Hall–Kier alpha value is -2.60. The van der Waals surface area contributed by atoms with E-state index in [-0.39, 0.29) is 5.75 Å². The highest BCUT2D eigenvalue weighted by Crippen LogP contribution is 2.26. The first kappa shape index (κ1) is 11.9. The predicted octanol–water partition coefficient (Wildman–Crippen LogP) is 3.32. The van der Waals surface area contributed by atoms with Gasteiger partial charge in [0.15, 0.2) is 0 Å². The number of rotatable bonds is 2. The summed E-state index contributed by atoms with van der Waals surface area (Å²) >= 11 is 0. The number of aliphatic imine (C=N–C) groups is 1. The third-order valence-corrected chi connectivity index (χ3v) is 2.52. The molecule has 0 aliphatic heterocycles. The monoisotopic (exact) mass is 236 g/mol. The van der Waals surface area contributed by atoms with Gasteiger partial charge in [0.05, 0.1) is 11.6 Å². The second-order valence-corrected chi connectivity index (χ2v) is 3.98. The molecule has 0 amide bonds. The molecule has 0 bridgehead atoms. The van der Waals surface area contributed by atoms with Gasteiger partial charge in [-0.1, -0.05) is 18.2 Å². The zero-order valence-electron chi connectivity index (χ0n) is 9.96. The summed E-state index contributed by atoms with van der Waals surface area (Å²) < 4.78 is 0. The van der Waals surface area contributed by atoms with Crippen molar-refractivity contribution in [2.45, 2.75) is 6.92 Å². The van der Waals surface area contributed by atoms with Gasteiger partial charge >= 0.3 is 0 Å². The molecule has 18 heavy (non-hydrogen) atoms. The van der Waals surface area contributed by atoms with Crippen LogP contribution in [0, 0.1) is 18.3 Å². The largest absolute Gasteiger partial charge is 0.506 e. The molecule has 3 nitrogen and oxygen atoms in total. The first-order chi connectivity index (χ1) is 8.69. The molecule has 0 saturated carbocycles. The molecule has 0 atom stereocenters. The summed E-state index contributed by atoms with van der Waals surface area (Å²) in [5, 5.41) is 18.3. The molecular weight excluding hydrogens is 224 g/mol. The zero-order chi connectivity index (χ0) is 13.0. The van der Waals surface area contributed by atoms with Crippen LogP contribution in [-0.2, 0) is 0 Å². The van der Waals surface area contributed by atoms with Crippen LogP contribution in [0.2, 0.25) is 0 Å². The number of aryl methyl sites for hydroxylation is 1. The van der Waals surface area contributed by atoms with Gasteiger partial charge in [-0.25, -0.2) is 0 Å². The van der Waals surface area contributed by atoms with Crippen molar-refractivity contribution in [3.8, 4) is 11.8 Å². The lowest BCUT2D eigenvalue weighted by atomic mass is 10.1. The summed E-state index contributed by atoms with van der Waals surface area (Å²) in [5.74, 6) is 0.158. The van der Waals surface area contributed by atoms with Gasteiger partial charge in [0.25, 0.3) is 0 Å². The molecule has 2 rings (SSSR count). The van der Waals surface area contributed by atoms with Crippen molar-refractivity contribution in [2.24, 2.45) is 4.99 Å².